The zero-order valence-electron chi connectivity index (χ0n) is 11.3. The molecule has 2 nitrogen and oxygen atoms in total. The molecule has 1 fully saturated rings. The fourth-order valence-electron chi connectivity index (χ4n) is 2.42. The van der Waals surface area contributed by atoms with E-state index in [9.17, 15) is 0 Å². The molecule has 0 aromatic carbocycles. The van der Waals surface area contributed by atoms with E-state index in [1.54, 1.807) is 0 Å². The smallest absolute Gasteiger partial charge is 0.0247 e. The first kappa shape index (κ1) is 14.3. The van der Waals surface area contributed by atoms with Crippen molar-refractivity contribution in [1.82, 2.24) is 10.2 Å². The molecule has 0 aliphatic carbocycles. The van der Waals surface area contributed by atoms with Crippen LogP contribution in [0, 0.1) is 5.92 Å². The maximum Gasteiger partial charge on any atom is 0.0247 e. The summed E-state index contributed by atoms with van der Waals surface area (Å²) in [5, 5.41) is 3.62. The monoisotopic (exact) mass is 244 g/mol. The van der Waals surface area contributed by atoms with Gasteiger partial charge in [0, 0.05) is 37.5 Å². The van der Waals surface area contributed by atoms with Crippen molar-refractivity contribution in [3.8, 4) is 0 Å². The molecule has 96 valence electrons. The van der Waals surface area contributed by atoms with Gasteiger partial charge in [-0.25, -0.2) is 0 Å². The molecular formula is C13H28N2S. The molecule has 16 heavy (non-hydrogen) atoms. The van der Waals surface area contributed by atoms with Gasteiger partial charge in [-0.2, -0.15) is 11.8 Å². The summed E-state index contributed by atoms with van der Waals surface area (Å²) in [6.07, 6.45) is 1.29. The van der Waals surface area contributed by atoms with E-state index in [-0.39, 0.29) is 0 Å². The Bertz CT molecular complexity index is 187. The molecule has 0 saturated carbocycles. The molecule has 1 aliphatic rings. The number of nitrogens with one attached hydrogen (secondary N) is 1. The number of piperazine rings is 1. The van der Waals surface area contributed by atoms with E-state index in [1.165, 1.54) is 37.6 Å². The van der Waals surface area contributed by atoms with Crippen LogP contribution in [-0.2, 0) is 0 Å². The van der Waals surface area contributed by atoms with Crippen LogP contribution in [0.3, 0.4) is 0 Å². The van der Waals surface area contributed by atoms with Crippen molar-refractivity contribution in [3.05, 3.63) is 0 Å². The van der Waals surface area contributed by atoms with Gasteiger partial charge in [0.1, 0.15) is 0 Å². The Kier molecular flexibility index (Phi) is 6.78. The number of thioether (sulfide) groups is 1. The first-order valence-electron chi connectivity index (χ1n) is 6.74. The van der Waals surface area contributed by atoms with Crippen molar-refractivity contribution < 1.29 is 0 Å². The average molecular weight is 244 g/mol. The van der Waals surface area contributed by atoms with Crippen LogP contribution in [0.1, 0.15) is 34.1 Å². The summed E-state index contributed by atoms with van der Waals surface area (Å²) >= 11 is 2.06. The third kappa shape index (κ3) is 4.27. The molecule has 0 aromatic rings. The predicted molar refractivity (Wildman–Crippen MR) is 75.3 cm³/mol. The second-order valence-electron chi connectivity index (χ2n) is 4.95. The zero-order valence-corrected chi connectivity index (χ0v) is 12.1. The number of hydrogen-bond acceptors (Lipinski definition) is 3. The molecule has 0 spiro atoms. The highest BCUT2D eigenvalue weighted by Crippen LogP contribution is 2.18. The second kappa shape index (κ2) is 7.57. The van der Waals surface area contributed by atoms with Gasteiger partial charge in [-0.05, 0) is 18.6 Å². The average Bonchev–Trinajstić information content (AvgIpc) is 2.29. The van der Waals surface area contributed by atoms with Crippen LogP contribution in [0.15, 0.2) is 0 Å². The van der Waals surface area contributed by atoms with Gasteiger partial charge in [-0.15, -0.1) is 0 Å². The number of rotatable bonds is 6. The van der Waals surface area contributed by atoms with E-state index >= 15 is 0 Å². The van der Waals surface area contributed by atoms with Crippen LogP contribution in [-0.4, -0.2) is 48.1 Å². The Morgan fingerprint density at radius 2 is 2.19 bits per heavy atom. The summed E-state index contributed by atoms with van der Waals surface area (Å²) in [5.74, 6) is 3.35. The summed E-state index contributed by atoms with van der Waals surface area (Å²) in [6.45, 7) is 12.9. The molecule has 0 amide bonds. The topological polar surface area (TPSA) is 15.3 Å². The first-order valence-corrected chi connectivity index (χ1v) is 7.89. The van der Waals surface area contributed by atoms with Crippen molar-refractivity contribution >= 4 is 11.8 Å². The van der Waals surface area contributed by atoms with Crippen molar-refractivity contribution in [2.24, 2.45) is 5.92 Å². The third-order valence-electron chi connectivity index (χ3n) is 3.68. The molecule has 0 bridgehead atoms. The first-order chi connectivity index (χ1) is 7.69. The van der Waals surface area contributed by atoms with Gasteiger partial charge in [0.2, 0.25) is 0 Å². The second-order valence-corrected chi connectivity index (χ2v) is 6.35. The molecular weight excluding hydrogens is 216 g/mol. The fourth-order valence-corrected chi connectivity index (χ4v) is 3.07. The molecule has 1 heterocycles. The van der Waals surface area contributed by atoms with Crippen molar-refractivity contribution in [3.63, 3.8) is 0 Å². The Morgan fingerprint density at radius 1 is 1.44 bits per heavy atom. The van der Waals surface area contributed by atoms with E-state index in [2.05, 4.69) is 49.7 Å². The molecule has 1 saturated heterocycles. The Hall–Kier alpha value is 0.270. The number of hydrogen-bond donors (Lipinski definition) is 1. The Labute approximate surface area is 106 Å². The summed E-state index contributed by atoms with van der Waals surface area (Å²) in [4.78, 5) is 2.71. The molecule has 1 rings (SSSR count). The molecule has 0 aromatic heterocycles. The zero-order chi connectivity index (χ0) is 12.0. The third-order valence-corrected chi connectivity index (χ3v) is 4.56. The normalized spacial score (nSPS) is 29.2. The molecule has 1 aliphatic heterocycles. The quantitative estimate of drug-likeness (QED) is 0.723. The van der Waals surface area contributed by atoms with Gasteiger partial charge >= 0.3 is 0 Å². The summed E-state index contributed by atoms with van der Waals surface area (Å²) in [7, 11) is 0. The van der Waals surface area contributed by atoms with Gasteiger partial charge in [0.05, 0.1) is 0 Å². The number of nitrogens with zero attached hydrogens (tertiary/aromatic N) is 1. The lowest BCUT2D eigenvalue weighted by Crippen LogP contribution is -2.58. The lowest BCUT2D eigenvalue weighted by Gasteiger charge is -2.42. The predicted octanol–water partition coefficient (Wildman–Crippen LogP) is 2.45. The van der Waals surface area contributed by atoms with Crippen LogP contribution in [0.25, 0.3) is 0 Å². The molecule has 3 atom stereocenters. The van der Waals surface area contributed by atoms with Crippen LogP contribution in [0.5, 0.6) is 0 Å². The maximum atomic E-state index is 3.62. The van der Waals surface area contributed by atoms with Crippen LogP contribution < -0.4 is 5.32 Å². The van der Waals surface area contributed by atoms with Crippen molar-refractivity contribution in [2.75, 3.05) is 31.1 Å². The summed E-state index contributed by atoms with van der Waals surface area (Å²) < 4.78 is 0. The summed E-state index contributed by atoms with van der Waals surface area (Å²) in [6, 6.07) is 1.41. The minimum atomic E-state index is 0.659. The largest absolute Gasteiger partial charge is 0.311 e. The van der Waals surface area contributed by atoms with E-state index in [0.29, 0.717) is 6.04 Å². The van der Waals surface area contributed by atoms with Crippen LogP contribution in [0.4, 0.5) is 0 Å². The minimum Gasteiger partial charge on any atom is -0.311 e. The van der Waals surface area contributed by atoms with Gasteiger partial charge in [-0.3, -0.25) is 4.90 Å². The van der Waals surface area contributed by atoms with E-state index < -0.39 is 0 Å². The van der Waals surface area contributed by atoms with Crippen LogP contribution in [0.2, 0.25) is 0 Å². The van der Waals surface area contributed by atoms with Crippen molar-refractivity contribution in [1.29, 1.82) is 0 Å². The van der Waals surface area contributed by atoms with Gasteiger partial charge in [-0.1, -0.05) is 27.2 Å². The summed E-state index contributed by atoms with van der Waals surface area (Å²) in [5.41, 5.74) is 0. The Balaban J connectivity index is 2.44. The highest BCUT2D eigenvalue weighted by molar-refractivity contribution is 7.99. The highest BCUT2D eigenvalue weighted by Gasteiger charge is 2.28. The minimum absolute atomic E-state index is 0.659. The van der Waals surface area contributed by atoms with Gasteiger partial charge in [0.15, 0.2) is 0 Å². The lowest BCUT2D eigenvalue weighted by molar-refractivity contribution is 0.103. The van der Waals surface area contributed by atoms with E-state index in [0.717, 1.165) is 12.0 Å². The standard InChI is InChI=1S/C13H28N2S/c1-5-11(3)13-9-14-12(4)10-15(13)7-8-16-6-2/h11-14H,5-10H2,1-4H3. The van der Waals surface area contributed by atoms with Crippen molar-refractivity contribution in [2.45, 2.75) is 46.2 Å². The van der Waals surface area contributed by atoms with Gasteiger partial charge < -0.3 is 5.32 Å². The molecule has 3 heteroatoms. The van der Waals surface area contributed by atoms with Gasteiger partial charge in [0.25, 0.3) is 0 Å². The molecule has 3 unspecified atom stereocenters. The van der Waals surface area contributed by atoms with E-state index in [1.807, 2.05) is 0 Å². The molecule has 1 N–H and O–H groups in total. The lowest BCUT2D eigenvalue weighted by atomic mass is 9.95. The highest BCUT2D eigenvalue weighted by atomic mass is 32.2. The molecule has 0 radical (unpaired) electrons. The Morgan fingerprint density at radius 3 is 2.81 bits per heavy atom. The SMILES string of the molecule is CCSCCN1CC(C)NCC1C(C)CC. The van der Waals surface area contributed by atoms with E-state index in [4.69, 9.17) is 0 Å². The van der Waals surface area contributed by atoms with Crippen LogP contribution >= 0.6 is 11.8 Å². The maximum absolute atomic E-state index is 3.62. The fraction of sp³-hybridized carbons (Fsp3) is 1.00.